The van der Waals surface area contributed by atoms with Gasteiger partial charge < -0.3 is 14.7 Å². The quantitative estimate of drug-likeness (QED) is 0.807. The third kappa shape index (κ3) is 4.29. The number of carbonyl (C=O) groups is 2. The predicted octanol–water partition coefficient (Wildman–Crippen LogP) is 1.37. The Morgan fingerprint density at radius 2 is 2.11 bits per heavy atom. The Hall–Kier alpha value is -1.10. The van der Waals surface area contributed by atoms with Gasteiger partial charge in [0.2, 0.25) is 5.91 Å². The van der Waals surface area contributed by atoms with Gasteiger partial charge in [0, 0.05) is 33.0 Å². The molecule has 104 valence electrons. The number of aliphatic carboxylic acids is 1. The number of hydrogen-bond donors (Lipinski definition) is 1. The number of rotatable bonds is 5. The lowest BCUT2D eigenvalue weighted by Crippen LogP contribution is -2.47. The molecule has 0 aromatic rings. The Bertz CT molecular complexity index is 305. The Morgan fingerprint density at radius 1 is 1.44 bits per heavy atom. The highest BCUT2D eigenvalue weighted by Crippen LogP contribution is 2.21. The van der Waals surface area contributed by atoms with Crippen LogP contribution in [-0.4, -0.2) is 48.2 Å². The second-order valence-corrected chi connectivity index (χ2v) is 5.29. The van der Waals surface area contributed by atoms with E-state index in [2.05, 4.69) is 6.92 Å². The third-order valence-electron chi connectivity index (χ3n) is 3.59. The predicted molar refractivity (Wildman–Crippen MR) is 67.2 cm³/mol. The summed E-state index contributed by atoms with van der Waals surface area (Å²) in [6.45, 7) is 5.30. The molecular weight excluding hydrogens is 234 g/mol. The first kappa shape index (κ1) is 15.0. The fraction of sp³-hybridized carbons (Fsp3) is 0.846. The van der Waals surface area contributed by atoms with Crippen LogP contribution in [0.2, 0.25) is 0 Å². The second-order valence-electron chi connectivity index (χ2n) is 5.29. The summed E-state index contributed by atoms with van der Waals surface area (Å²) < 4.78 is 5.37. The van der Waals surface area contributed by atoms with Crippen LogP contribution < -0.4 is 0 Å². The average molecular weight is 257 g/mol. The van der Waals surface area contributed by atoms with Gasteiger partial charge in [0.15, 0.2) is 0 Å². The molecule has 3 unspecified atom stereocenters. The highest BCUT2D eigenvalue weighted by Gasteiger charge is 2.29. The maximum Gasteiger partial charge on any atom is 0.303 e. The monoisotopic (exact) mass is 257 g/mol. The molecule has 1 saturated heterocycles. The van der Waals surface area contributed by atoms with Crippen LogP contribution in [0.4, 0.5) is 0 Å². The van der Waals surface area contributed by atoms with Crippen LogP contribution in [0, 0.1) is 11.8 Å². The molecule has 0 radical (unpaired) electrons. The Kier molecular flexibility index (Phi) is 5.59. The van der Waals surface area contributed by atoms with E-state index >= 15 is 0 Å². The zero-order valence-electron chi connectivity index (χ0n) is 11.4. The van der Waals surface area contributed by atoms with Gasteiger partial charge in [-0.05, 0) is 18.3 Å². The van der Waals surface area contributed by atoms with Gasteiger partial charge in [0.05, 0.1) is 6.10 Å². The lowest BCUT2D eigenvalue weighted by atomic mass is 9.94. The molecule has 0 spiro atoms. The molecule has 1 N–H and O–H groups in total. The van der Waals surface area contributed by atoms with Gasteiger partial charge in [-0.3, -0.25) is 9.59 Å². The molecule has 0 aromatic heterocycles. The number of methoxy groups -OCH3 is 1. The van der Waals surface area contributed by atoms with Crippen molar-refractivity contribution in [2.75, 3.05) is 20.2 Å². The van der Waals surface area contributed by atoms with Gasteiger partial charge in [-0.15, -0.1) is 0 Å². The molecule has 0 aliphatic carbocycles. The number of ether oxygens (including phenoxy) is 1. The van der Waals surface area contributed by atoms with Gasteiger partial charge >= 0.3 is 5.97 Å². The van der Waals surface area contributed by atoms with Crippen LogP contribution in [0.15, 0.2) is 0 Å². The van der Waals surface area contributed by atoms with E-state index in [1.54, 1.807) is 18.9 Å². The van der Waals surface area contributed by atoms with E-state index in [0.29, 0.717) is 18.9 Å². The Balaban J connectivity index is 2.44. The number of hydrogen-bond acceptors (Lipinski definition) is 3. The van der Waals surface area contributed by atoms with E-state index in [4.69, 9.17) is 9.84 Å². The molecule has 1 amide bonds. The van der Waals surface area contributed by atoms with Crippen LogP contribution in [0.1, 0.15) is 33.1 Å². The molecule has 1 heterocycles. The zero-order chi connectivity index (χ0) is 13.7. The maximum absolute atomic E-state index is 12.0. The van der Waals surface area contributed by atoms with Crippen molar-refractivity contribution in [2.24, 2.45) is 11.8 Å². The van der Waals surface area contributed by atoms with Gasteiger partial charge in [-0.2, -0.15) is 0 Å². The first-order valence-electron chi connectivity index (χ1n) is 6.46. The van der Waals surface area contributed by atoms with Crippen molar-refractivity contribution in [2.45, 2.75) is 39.2 Å². The van der Waals surface area contributed by atoms with Crippen LogP contribution in [0.3, 0.4) is 0 Å². The fourth-order valence-corrected chi connectivity index (χ4v) is 2.36. The number of likely N-dealkylation sites (tertiary alicyclic amines) is 1. The molecule has 0 aromatic carbocycles. The van der Waals surface area contributed by atoms with E-state index in [9.17, 15) is 9.59 Å². The van der Waals surface area contributed by atoms with Crippen molar-refractivity contribution >= 4 is 11.9 Å². The first-order valence-corrected chi connectivity index (χ1v) is 6.46. The Morgan fingerprint density at radius 3 is 2.67 bits per heavy atom. The van der Waals surface area contributed by atoms with E-state index in [1.807, 2.05) is 0 Å². The number of carboxylic acid groups (broad SMARTS) is 1. The van der Waals surface area contributed by atoms with Crippen molar-refractivity contribution in [3.63, 3.8) is 0 Å². The first-order chi connectivity index (χ1) is 8.43. The molecule has 1 rings (SSSR count). The van der Waals surface area contributed by atoms with E-state index < -0.39 is 5.97 Å². The summed E-state index contributed by atoms with van der Waals surface area (Å²) in [5.74, 6) is -0.458. The lowest BCUT2D eigenvalue weighted by Gasteiger charge is -2.36. The average Bonchev–Trinajstić information content (AvgIpc) is 2.28. The molecule has 1 aliphatic heterocycles. The van der Waals surface area contributed by atoms with Crippen LogP contribution in [0.25, 0.3) is 0 Å². The van der Waals surface area contributed by atoms with Crippen molar-refractivity contribution < 1.29 is 19.4 Å². The summed E-state index contributed by atoms with van der Waals surface area (Å²) in [5.41, 5.74) is 0. The smallest absolute Gasteiger partial charge is 0.303 e. The normalized spacial score (nSPS) is 25.8. The number of amides is 1. The van der Waals surface area contributed by atoms with Crippen molar-refractivity contribution in [3.05, 3.63) is 0 Å². The molecular formula is C13H23NO4. The number of nitrogens with zero attached hydrogens (tertiary/aromatic N) is 1. The van der Waals surface area contributed by atoms with Crippen LogP contribution in [0.5, 0.6) is 0 Å². The topological polar surface area (TPSA) is 66.8 Å². The van der Waals surface area contributed by atoms with Crippen molar-refractivity contribution in [1.82, 2.24) is 4.90 Å². The van der Waals surface area contributed by atoms with E-state index in [-0.39, 0.29) is 24.3 Å². The minimum atomic E-state index is -0.850. The molecule has 0 saturated carbocycles. The Labute approximate surface area is 108 Å². The molecule has 1 fully saturated rings. The van der Waals surface area contributed by atoms with Crippen LogP contribution in [-0.2, 0) is 14.3 Å². The summed E-state index contributed by atoms with van der Waals surface area (Å²) in [6, 6.07) is 0. The van der Waals surface area contributed by atoms with E-state index in [1.165, 1.54) is 0 Å². The van der Waals surface area contributed by atoms with Gasteiger partial charge in [-0.1, -0.05) is 13.8 Å². The standard InChI is InChI=1S/C13H23NO4/c1-9(7-13(16)17)6-12(15)14-5-4-10(2)11(8-14)18-3/h9-11H,4-8H2,1-3H3,(H,16,17). The second kappa shape index (κ2) is 6.73. The van der Waals surface area contributed by atoms with Crippen LogP contribution >= 0.6 is 0 Å². The minimum Gasteiger partial charge on any atom is -0.481 e. The number of piperidine rings is 1. The van der Waals surface area contributed by atoms with Crippen molar-refractivity contribution in [3.8, 4) is 0 Å². The highest BCUT2D eigenvalue weighted by atomic mass is 16.5. The molecule has 5 nitrogen and oxygen atoms in total. The molecule has 1 aliphatic rings. The summed E-state index contributed by atoms with van der Waals surface area (Å²) in [4.78, 5) is 24.4. The molecule has 3 atom stereocenters. The van der Waals surface area contributed by atoms with E-state index in [0.717, 1.165) is 13.0 Å². The van der Waals surface area contributed by atoms with Gasteiger partial charge in [0.1, 0.15) is 0 Å². The summed E-state index contributed by atoms with van der Waals surface area (Å²) in [5, 5.41) is 8.68. The highest BCUT2D eigenvalue weighted by molar-refractivity contribution is 5.77. The molecule has 18 heavy (non-hydrogen) atoms. The molecule has 0 bridgehead atoms. The summed E-state index contributed by atoms with van der Waals surface area (Å²) >= 11 is 0. The maximum atomic E-state index is 12.0. The zero-order valence-corrected chi connectivity index (χ0v) is 11.4. The summed E-state index contributed by atoms with van der Waals surface area (Å²) in [6.07, 6.45) is 1.38. The lowest BCUT2D eigenvalue weighted by molar-refractivity contribution is -0.139. The van der Waals surface area contributed by atoms with Gasteiger partial charge in [0.25, 0.3) is 0 Å². The summed E-state index contributed by atoms with van der Waals surface area (Å²) in [7, 11) is 1.67. The SMILES string of the molecule is COC1CN(C(=O)CC(C)CC(=O)O)CCC1C. The number of carboxylic acids is 1. The van der Waals surface area contributed by atoms with Gasteiger partial charge in [-0.25, -0.2) is 0 Å². The largest absolute Gasteiger partial charge is 0.481 e. The molecule has 5 heteroatoms. The third-order valence-corrected chi connectivity index (χ3v) is 3.59. The minimum absolute atomic E-state index is 0.0395. The fourth-order valence-electron chi connectivity index (χ4n) is 2.36. The number of carbonyl (C=O) groups excluding carboxylic acids is 1. The van der Waals surface area contributed by atoms with Crippen molar-refractivity contribution in [1.29, 1.82) is 0 Å².